The third-order valence-corrected chi connectivity index (χ3v) is 5.95. The molecule has 1 aromatic carbocycles. The molecule has 3 rings (SSSR count). The Balaban J connectivity index is 1.92. The Kier molecular flexibility index (Phi) is 4.26. The van der Waals surface area contributed by atoms with Gasteiger partial charge in [-0.2, -0.15) is 0 Å². The second kappa shape index (κ2) is 5.94. The minimum absolute atomic E-state index is 0.0377. The van der Waals surface area contributed by atoms with Crippen LogP contribution in [0, 0.1) is 5.92 Å². The van der Waals surface area contributed by atoms with Crippen molar-refractivity contribution in [3.8, 4) is 0 Å². The van der Waals surface area contributed by atoms with Gasteiger partial charge in [0.15, 0.2) is 0 Å². The second-order valence-corrected chi connectivity index (χ2v) is 8.23. The van der Waals surface area contributed by atoms with Gasteiger partial charge in [-0.15, -0.1) is 0 Å². The molecule has 0 spiro atoms. The van der Waals surface area contributed by atoms with Crippen LogP contribution in [-0.2, 0) is 14.9 Å². The fourth-order valence-electron chi connectivity index (χ4n) is 4.50. The number of esters is 1. The van der Waals surface area contributed by atoms with Crippen molar-refractivity contribution in [2.75, 3.05) is 14.2 Å². The maximum absolute atomic E-state index is 12.5. The zero-order valence-corrected chi connectivity index (χ0v) is 15.0. The molecule has 2 fully saturated rings. The molecule has 2 bridgehead atoms. The van der Waals surface area contributed by atoms with Crippen LogP contribution >= 0.6 is 0 Å². The summed E-state index contributed by atoms with van der Waals surface area (Å²) in [5.74, 6) is 0.196. The highest BCUT2D eigenvalue weighted by Crippen LogP contribution is 2.46. The van der Waals surface area contributed by atoms with Crippen LogP contribution in [0.4, 0.5) is 0 Å². The standard InChI is InChI=1S/C20H29NO2/c1-20(2,3)14-8-6-13(7-9-14)16-12-15-10-11-17(21(15)4)18(16)19(22)23-5/h6-9,15-18H,10-12H2,1-5H3/t15?,16-,17-,18+/m1/s1. The molecule has 2 heterocycles. The van der Waals surface area contributed by atoms with Crippen molar-refractivity contribution >= 4 is 5.97 Å². The minimum atomic E-state index is -0.0490. The van der Waals surface area contributed by atoms with Crippen LogP contribution in [0.2, 0.25) is 0 Å². The number of ether oxygens (including phenoxy) is 1. The van der Waals surface area contributed by atoms with E-state index in [1.165, 1.54) is 24.7 Å². The molecule has 0 radical (unpaired) electrons. The fraction of sp³-hybridized carbons (Fsp3) is 0.650. The lowest BCUT2D eigenvalue weighted by molar-refractivity contribution is -0.150. The molecule has 0 saturated carbocycles. The monoisotopic (exact) mass is 315 g/mol. The molecule has 2 aliphatic rings. The number of piperidine rings is 1. The van der Waals surface area contributed by atoms with Gasteiger partial charge in [-0.3, -0.25) is 9.69 Å². The van der Waals surface area contributed by atoms with E-state index in [-0.39, 0.29) is 23.2 Å². The molecule has 2 saturated heterocycles. The quantitative estimate of drug-likeness (QED) is 0.779. The number of carbonyl (C=O) groups excluding carboxylic acids is 1. The summed E-state index contributed by atoms with van der Waals surface area (Å²) in [6.07, 6.45) is 3.37. The van der Waals surface area contributed by atoms with Crippen LogP contribution in [0.25, 0.3) is 0 Å². The number of fused-ring (bicyclic) bond motifs is 2. The molecule has 126 valence electrons. The number of carbonyl (C=O) groups is 1. The van der Waals surface area contributed by atoms with Gasteiger partial charge in [-0.05, 0) is 42.9 Å². The molecule has 1 aromatic rings. The van der Waals surface area contributed by atoms with E-state index in [0.29, 0.717) is 12.1 Å². The zero-order chi connectivity index (χ0) is 16.8. The highest BCUT2D eigenvalue weighted by atomic mass is 16.5. The number of methoxy groups -OCH3 is 1. The summed E-state index contributed by atoms with van der Waals surface area (Å²) in [6, 6.07) is 9.84. The Morgan fingerprint density at radius 1 is 1.17 bits per heavy atom. The highest BCUT2D eigenvalue weighted by molar-refractivity contribution is 5.75. The maximum atomic E-state index is 12.5. The van der Waals surface area contributed by atoms with Crippen LogP contribution in [0.15, 0.2) is 24.3 Å². The number of benzene rings is 1. The van der Waals surface area contributed by atoms with Crippen molar-refractivity contribution in [3.63, 3.8) is 0 Å². The fourth-order valence-corrected chi connectivity index (χ4v) is 4.50. The van der Waals surface area contributed by atoms with E-state index in [2.05, 4.69) is 57.0 Å². The molecule has 0 amide bonds. The molecule has 4 atom stereocenters. The van der Waals surface area contributed by atoms with Gasteiger partial charge in [-0.1, -0.05) is 45.0 Å². The molecule has 23 heavy (non-hydrogen) atoms. The molecule has 0 aromatic heterocycles. The first-order chi connectivity index (χ1) is 10.8. The third kappa shape index (κ3) is 2.91. The summed E-state index contributed by atoms with van der Waals surface area (Å²) in [6.45, 7) is 6.69. The highest BCUT2D eigenvalue weighted by Gasteiger charge is 2.49. The normalized spacial score (nSPS) is 31.2. The molecule has 2 aliphatic heterocycles. The molecule has 0 aliphatic carbocycles. The van der Waals surface area contributed by atoms with Crippen LogP contribution in [0.5, 0.6) is 0 Å². The van der Waals surface area contributed by atoms with Gasteiger partial charge in [0.25, 0.3) is 0 Å². The predicted molar refractivity (Wildman–Crippen MR) is 92.6 cm³/mol. The van der Waals surface area contributed by atoms with Crippen molar-refractivity contribution in [1.82, 2.24) is 4.90 Å². The predicted octanol–water partition coefficient (Wildman–Crippen LogP) is 3.72. The first-order valence-electron chi connectivity index (χ1n) is 8.73. The van der Waals surface area contributed by atoms with Crippen LogP contribution in [-0.4, -0.2) is 37.1 Å². The van der Waals surface area contributed by atoms with Gasteiger partial charge in [0.1, 0.15) is 0 Å². The number of hydrogen-bond acceptors (Lipinski definition) is 3. The lowest BCUT2D eigenvalue weighted by atomic mass is 9.75. The zero-order valence-electron chi connectivity index (χ0n) is 15.0. The van der Waals surface area contributed by atoms with Gasteiger partial charge in [0.2, 0.25) is 0 Å². The SMILES string of the molecule is COC(=O)[C@H]1[C@@H](c2ccc(C(C)(C)C)cc2)CC2CC[C@H]1N2C. The Morgan fingerprint density at radius 3 is 2.39 bits per heavy atom. The number of hydrogen-bond donors (Lipinski definition) is 0. The van der Waals surface area contributed by atoms with E-state index in [0.717, 1.165) is 12.8 Å². The molecular formula is C20H29NO2. The Bertz CT molecular complexity index is 572. The summed E-state index contributed by atoms with van der Waals surface area (Å²) < 4.78 is 5.15. The van der Waals surface area contributed by atoms with Crippen molar-refractivity contribution < 1.29 is 9.53 Å². The summed E-state index contributed by atoms with van der Waals surface area (Å²) >= 11 is 0. The van der Waals surface area contributed by atoms with E-state index in [1.807, 2.05) is 0 Å². The van der Waals surface area contributed by atoms with Gasteiger partial charge in [0.05, 0.1) is 13.0 Å². The largest absolute Gasteiger partial charge is 0.469 e. The summed E-state index contributed by atoms with van der Waals surface area (Å²) in [5, 5.41) is 0. The van der Waals surface area contributed by atoms with Crippen molar-refractivity contribution in [1.29, 1.82) is 0 Å². The van der Waals surface area contributed by atoms with Gasteiger partial charge >= 0.3 is 5.97 Å². The van der Waals surface area contributed by atoms with Gasteiger partial charge in [-0.25, -0.2) is 0 Å². The Labute approximate surface area is 140 Å². The van der Waals surface area contributed by atoms with E-state index in [4.69, 9.17) is 4.74 Å². The first kappa shape index (κ1) is 16.5. The van der Waals surface area contributed by atoms with Gasteiger partial charge in [0, 0.05) is 18.0 Å². The lowest BCUT2D eigenvalue weighted by Gasteiger charge is -2.41. The third-order valence-electron chi connectivity index (χ3n) is 5.95. The minimum Gasteiger partial charge on any atom is -0.469 e. The molecule has 1 unspecified atom stereocenters. The van der Waals surface area contributed by atoms with Crippen LogP contribution < -0.4 is 0 Å². The van der Waals surface area contributed by atoms with Crippen molar-refractivity contribution in [2.24, 2.45) is 5.92 Å². The number of rotatable bonds is 2. The van der Waals surface area contributed by atoms with E-state index in [1.54, 1.807) is 0 Å². The van der Waals surface area contributed by atoms with Crippen LogP contribution in [0.3, 0.4) is 0 Å². The summed E-state index contributed by atoms with van der Waals surface area (Å²) in [4.78, 5) is 14.9. The summed E-state index contributed by atoms with van der Waals surface area (Å²) in [5.41, 5.74) is 2.79. The topological polar surface area (TPSA) is 29.5 Å². The molecule has 3 nitrogen and oxygen atoms in total. The lowest BCUT2D eigenvalue weighted by Crippen LogP contribution is -2.49. The second-order valence-electron chi connectivity index (χ2n) is 8.23. The molecule has 0 N–H and O–H groups in total. The molecular weight excluding hydrogens is 286 g/mol. The van der Waals surface area contributed by atoms with E-state index in [9.17, 15) is 4.79 Å². The van der Waals surface area contributed by atoms with Crippen LogP contribution in [0.1, 0.15) is 57.1 Å². The Morgan fingerprint density at radius 2 is 1.83 bits per heavy atom. The molecule has 3 heteroatoms. The smallest absolute Gasteiger partial charge is 0.310 e. The maximum Gasteiger partial charge on any atom is 0.310 e. The average Bonchev–Trinajstić information content (AvgIpc) is 2.75. The van der Waals surface area contributed by atoms with E-state index >= 15 is 0 Å². The summed E-state index contributed by atoms with van der Waals surface area (Å²) in [7, 11) is 3.68. The van der Waals surface area contributed by atoms with Crippen molar-refractivity contribution in [3.05, 3.63) is 35.4 Å². The average molecular weight is 315 g/mol. The van der Waals surface area contributed by atoms with E-state index < -0.39 is 0 Å². The Hall–Kier alpha value is -1.35. The van der Waals surface area contributed by atoms with Crippen molar-refractivity contribution in [2.45, 2.75) is 63.5 Å². The number of nitrogens with zero attached hydrogens (tertiary/aromatic N) is 1. The van der Waals surface area contributed by atoms with Gasteiger partial charge < -0.3 is 4.74 Å². The first-order valence-corrected chi connectivity index (χ1v) is 8.73.